The number of hydrogen-bond acceptors (Lipinski definition) is 4. The highest BCUT2D eigenvalue weighted by Gasteiger charge is 2.52. The van der Waals surface area contributed by atoms with Gasteiger partial charge in [-0.25, -0.2) is 8.42 Å². The van der Waals surface area contributed by atoms with Gasteiger partial charge in [0.2, 0.25) is 10.0 Å². The molecule has 6 heteroatoms. The molecule has 1 aromatic rings. The number of piperidine rings is 1. The Kier molecular flexibility index (Phi) is 2.21. The fraction of sp³-hybridized carbons (Fsp3) is 0.545. The van der Waals surface area contributed by atoms with E-state index in [0.717, 1.165) is 18.7 Å². The normalized spacial score (nSPS) is 25.5. The maximum absolute atomic E-state index is 12.3. The summed E-state index contributed by atoms with van der Waals surface area (Å²) in [6.45, 7) is 1.62. The number of pyridine rings is 1. The van der Waals surface area contributed by atoms with Gasteiger partial charge in [0.1, 0.15) is 4.75 Å². The molecule has 0 bridgehead atoms. The minimum absolute atomic E-state index is 0.649. The molecule has 0 saturated carbocycles. The van der Waals surface area contributed by atoms with Gasteiger partial charge in [0, 0.05) is 11.8 Å². The van der Waals surface area contributed by atoms with Crippen molar-refractivity contribution < 1.29 is 8.42 Å². The second-order valence-electron chi connectivity index (χ2n) is 4.82. The van der Waals surface area contributed by atoms with Crippen molar-refractivity contribution >= 4 is 15.7 Å². The highest BCUT2D eigenvalue weighted by atomic mass is 32.2. The lowest BCUT2D eigenvalue weighted by molar-refractivity contribution is 0.235. The van der Waals surface area contributed by atoms with E-state index >= 15 is 0 Å². The van der Waals surface area contributed by atoms with E-state index < -0.39 is 14.8 Å². The number of hydrogen-bond donors (Lipinski definition) is 1. The van der Waals surface area contributed by atoms with E-state index in [1.807, 2.05) is 13.1 Å². The third-order valence-electron chi connectivity index (χ3n) is 3.87. The lowest BCUT2D eigenvalue weighted by Gasteiger charge is -2.36. The minimum Gasteiger partial charge on any atom is -0.306 e. The molecule has 0 aromatic carbocycles. The summed E-state index contributed by atoms with van der Waals surface area (Å²) < 4.78 is 26.6. The number of nitrogens with zero attached hydrogens (tertiary/aromatic N) is 2. The third-order valence-corrected chi connectivity index (χ3v) is 6.01. The van der Waals surface area contributed by atoms with Crippen LogP contribution in [-0.2, 0) is 14.8 Å². The van der Waals surface area contributed by atoms with Gasteiger partial charge in [-0.15, -0.1) is 0 Å². The van der Waals surface area contributed by atoms with Crippen molar-refractivity contribution in [1.29, 1.82) is 0 Å². The molecule has 0 amide bonds. The predicted molar refractivity (Wildman–Crippen MR) is 65.2 cm³/mol. The quantitative estimate of drug-likeness (QED) is 0.741. The predicted octanol–water partition coefficient (Wildman–Crippen LogP) is 0.758. The first-order valence-corrected chi connectivity index (χ1v) is 7.19. The molecule has 92 valence electrons. The molecule has 17 heavy (non-hydrogen) atoms. The van der Waals surface area contributed by atoms with Gasteiger partial charge in [0.25, 0.3) is 0 Å². The molecule has 3 rings (SSSR count). The summed E-state index contributed by atoms with van der Waals surface area (Å²) in [5, 5.41) is 0. The fourth-order valence-electron chi connectivity index (χ4n) is 2.78. The molecule has 0 aliphatic carbocycles. The van der Waals surface area contributed by atoms with Crippen LogP contribution in [0.15, 0.2) is 18.5 Å². The molecule has 0 radical (unpaired) electrons. The Bertz CT molecular complexity index is 548. The SMILES string of the molecule is CN1CCC2(CC1)c1ccncc1NS2(=O)=O. The number of aromatic nitrogens is 1. The summed E-state index contributed by atoms with van der Waals surface area (Å²) in [7, 11) is -1.29. The average Bonchev–Trinajstić information content (AvgIpc) is 2.51. The summed E-state index contributed by atoms with van der Waals surface area (Å²) in [6.07, 6.45) is 4.56. The number of rotatable bonds is 0. The van der Waals surface area contributed by atoms with E-state index in [0.29, 0.717) is 18.5 Å². The third kappa shape index (κ3) is 1.40. The molecule has 0 atom stereocenters. The van der Waals surface area contributed by atoms with E-state index in [-0.39, 0.29) is 0 Å². The molecule has 1 aromatic heterocycles. The zero-order valence-electron chi connectivity index (χ0n) is 9.68. The second-order valence-corrected chi connectivity index (χ2v) is 6.82. The van der Waals surface area contributed by atoms with Crippen molar-refractivity contribution in [2.45, 2.75) is 17.6 Å². The van der Waals surface area contributed by atoms with E-state index in [1.165, 1.54) is 0 Å². The van der Waals surface area contributed by atoms with Crippen molar-refractivity contribution in [3.63, 3.8) is 0 Å². The molecular weight excluding hydrogens is 238 g/mol. The summed E-state index contributed by atoms with van der Waals surface area (Å²) in [5.41, 5.74) is 1.54. The van der Waals surface area contributed by atoms with Crippen LogP contribution in [-0.4, -0.2) is 38.4 Å². The molecule has 2 aliphatic heterocycles. The maximum Gasteiger partial charge on any atom is 0.242 e. The molecular formula is C11H15N3O2S. The Hall–Kier alpha value is -1.14. The number of sulfonamides is 1. The van der Waals surface area contributed by atoms with Gasteiger partial charge >= 0.3 is 0 Å². The van der Waals surface area contributed by atoms with E-state index in [2.05, 4.69) is 14.6 Å². The number of fused-ring (bicyclic) bond motifs is 2. The van der Waals surface area contributed by atoms with Crippen molar-refractivity contribution in [2.75, 3.05) is 24.9 Å². The zero-order valence-corrected chi connectivity index (χ0v) is 10.5. The Balaban J connectivity index is 2.14. The molecule has 1 N–H and O–H groups in total. The Morgan fingerprint density at radius 2 is 2.12 bits per heavy atom. The summed E-state index contributed by atoms with van der Waals surface area (Å²) in [5.74, 6) is 0. The van der Waals surface area contributed by atoms with Crippen molar-refractivity contribution in [3.8, 4) is 0 Å². The van der Waals surface area contributed by atoms with E-state index in [1.54, 1.807) is 12.4 Å². The standard InChI is InChI=1S/C11H15N3O2S/c1-14-6-3-11(4-7-14)9-2-5-12-8-10(9)13-17(11,15)16/h2,5,8,13H,3-4,6-7H2,1H3. The van der Waals surface area contributed by atoms with Crippen LogP contribution >= 0.6 is 0 Å². The number of likely N-dealkylation sites (tertiary alicyclic amines) is 1. The van der Waals surface area contributed by atoms with Crippen LogP contribution in [0.5, 0.6) is 0 Å². The summed E-state index contributed by atoms with van der Waals surface area (Å²) >= 11 is 0. The van der Waals surface area contributed by atoms with Crippen LogP contribution in [0.4, 0.5) is 5.69 Å². The summed E-state index contributed by atoms with van der Waals surface area (Å²) in [6, 6.07) is 1.83. The first-order valence-electron chi connectivity index (χ1n) is 5.71. The Morgan fingerprint density at radius 1 is 1.41 bits per heavy atom. The Morgan fingerprint density at radius 3 is 2.82 bits per heavy atom. The monoisotopic (exact) mass is 253 g/mol. The molecule has 1 fully saturated rings. The smallest absolute Gasteiger partial charge is 0.242 e. The van der Waals surface area contributed by atoms with Crippen molar-refractivity contribution in [3.05, 3.63) is 24.0 Å². The van der Waals surface area contributed by atoms with E-state index in [9.17, 15) is 8.42 Å². The van der Waals surface area contributed by atoms with Gasteiger partial charge in [-0.1, -0.05) is 0 Å². The first-order chi connectivity index (χ1) is 8.05. The maximum atomic E-state index is 12.3. The topological polar surface area (TPSA) is 62.3 Å². The van der Waals surface area contributed by atoms with Crippen LogP contribution in [0.2, 0.25) is 0 Å². The highest BCUT2D eigenvalue weighted by Crippen LogP contribution is 2.48. The second kappa shape index (κ2) is 3.43. The van der Waals surface area contributed by atoms with Crippen LogP contribution in [0.25, 0.3) is 0 Å². The van der Waals surface area contributed by atoms with Crippen molar-refractivity contribution in [1.82, 2.24) is 9.88 Å². The number of nitrogens with one attached hydrogen (secondary N) is 1. The van der Waals surface area contributed by atoms with Gasteiger partial charge in [0.05, 0.1) is 11.9 Å². The van der Waals surface area contributed by atoms with Gasteiger partial charge in [0.15, 0.2) is 0 Å². The Labute approximate surface area is 101 Å². The highest BCUT2D eigenvalue weighted by molar-refractivity contribution is 7.94. The molecule has 1 saturated heterocycles. The van der Waals surface area contributed by atoms with Gasteiger partial charge in [-0.3, -0.25) is 9.71 Å². The molecule has 1 spiro atoms. The van der Waals surface area contributed by atoms with Gasteiger partial charge < -0.3 is 4.90 Å². The lowest BCUT2D eigenvalue weighted by Crippen LogP contribution is -2.44. The lowest BCUT2D eigenvalue weighted by atomic mass is 9.88. The van der Waals surface area contributed by atoms with Gasteiger partial charge in [-0.05, 0) is 39.0 Å². The number of anilines is 1. The fourth-order valence-corrected chi connectivity index (χ4v) is 4.61. The van der Waals surface area contributed by atoms with Crippen LogP contribution in [0.3, 0.4) is 0 Å². The minimum atomic E-state index is -3.31. The van der Waals surface area contributed by atoms with E-state index in [4.69, 9.17) is 0 Å². The summed E-state index contributed by atoms with van der Waals surface area (Å²) in [4.78, 5) is 6.14. The first kappa shape index (κ1) is 11.0. The van der Waals surface area contributed by atoms with Gasteiger partial charge in [-0.2, -0.15) is 0 Å². The molecule has 0 unspecified atom stereocenters. The van der Waals surface area contributed by atoms with Crippen molar-refractivity contribution in [2.24, 2.45) is 0 Å². The zero-order chi connectivity index (χ0) is 12.1. The molecule has 3 heterocycles. The average molecular weight is 253 g/mol. The van der Waals surface area contributed by atoms with Crippen LogP contribution in [0, 0.1) is 0 Å². The largest absolute Gasteiger partial charge is 0.306 e. The van der Waals surface area contributed by atoms with Crippen LogP contribution < -0.4 is 4.72 Å². The molecule has 5 nitrogen and oxygen atoms in total. The molecule has 2 aliphatic rings. The van der Waals surface area contributed by atoms with Crippen LogP contribution in [0.1, 0.15) is 18.4 Å².